The first-order chi connectivity index (χ1) is 8.72. The fourth-order valence-corrected chi connectivity index (χ4v) is 2.65. The van der Waals surface area contributed by atoms with E-state index in [9.17, 15) is 5.11 Å². The highest BCUT2D eigenvalue weighted by molar-refractivity contribution is 5.00. The summed E-state index contributed by atoms with van der Waals surface area (Å²) < 4.78 is 5.32. The van der Waals surface area contributed by atoms with E-state index in [2.05, 4.69) is 10.1 Å². The van der Waals surface area contributed by atoms with E-state index in [0.717, 1.165) is 5.82 Å². The van der Waals surface area contributed by atoms with Crippen LogP contribution < -0.4 is 0 Å². The highest BCUT2D eigenvalue weighted by Crippen LogP contribution is 2.31. The van der Waals surface area contributed by atoms with Crippen LogP contribution in [0.5, 0.6) is 0 Å². The van der Waals surface area contributed by atoms with Crippen LogP contribution >= 0.6 is 0 Å². The van der Waals surface area contributed by atoms with Gasteiger partial charge in [-0.1, -0.05) is 44.7 Å². The van der Waals surface area contributed by atoms with Crippen molar-refractivity contribution in [2.24, 2.45) is 0 Å². The third-order valence-corrected chi connectivity index (χ3v) is 4.06. The molecule has 1 heterocycles. The molecule has 0 aliphatic heterocycles. The van der Waals surface area contributed by atoms with Crippen LogP contribution in [0.3, 0.4) is 0 Å². The third kappa shape index (κ3) is 3.10. The Bertz CT molecular complexity index is 356. The predicted octanol–water partition coefficient (Wildman–Crippen LogP) is 3.38. The Kier molecular flexibility index (Phi) is 4.75. The van der Waals surface area contributed by atoms with Crippen molar-refractivity contribution in [3.63, 3.8) is 0 Å². The van der Waals surface area contributed by atoms with Crippen LogP contribution in [0.1, 0.15) is 82.3 Å². The van der Waals surface area contributed by atoms with Crippen molar-refractivity contribution in [3.8, 4) is 0 Å². The van der Waals surface area contributed by atoms with Crippen LogP contribution in [-0.2, 0) is 0 Å². The van der Waals surface area contributed by atoms with E-state index in [0.29, 0.717) is 18.2 Å². The van der Waals surface area contributed by atoms with Crippen LogP contribution in [0, 0.1) is 0 Å². The second-order valence-corrected chi connectivity index (χ2v) is 5.44. The third-order valence-electron chi connectivity index (χ3n) is 4.06. The largest absolute Gasteiger partial charge is 0.392 e. The van der Waals surface area contributed by atoms with E-state index in [1.807, 2.05) is 13.8 Å². The van der Waals surface area contributed by atoms with E-state index in [-0.39, 0.29) is 5.92 Å². The van der Waals surface area contributed by atoms with Crippen molar-refractivity contribution in [2.45, 2.75) is 76.7 Å². The lowest BCUT2D eigenvalue weighted by Crippen LogP contribution is -2.14. The van der Waals surface area contributed by atoms with Gasteiger partial charge in [-0.25, -0.2) is 0 Å². The molecule has 2 unspecified atom stereocenters. The molecule has 0 saturated heterocycles. The number of aliphatic hydroxyl groups is 1. The molecule has 0 spiro atoms. The van der Waals surface area contributed by atoms with Crippen LogP contribution in [-0.4, -0.2) is 21.4 Å². The molecule has 1 aromatic heterocycles. The SMILES string of the molecule is CCC(O)C(C)c1nc(C2CCCCCC2)no1. The molecule has 18 heavy (non-hydrogen) atoms. The molecule has 4 heteroatoms. The first-order valence-electron chi connectivity index (χ1n) is 7.24. The van der Waals surface area contributed by atoms with Crippen molar-refractivity contribution in [2.75, 3.05) is 0 Å². The van der Waals surface area contributed by atoms with Crippen molar-refractivity contribution < 1.29 is 9.63 Å². The Balaban J connectivity index is 2.04. The number of rotatable bonds is 4. The fraction of sp³-hybridized carbons (Fsp3) is 0.857. The minimum atomic E-state index is -0.396. The maximum absolute atomic E-state index is 9.82. The Morgan fingerprint density at radius 3 is 2.56 bits per heavy atom. The van der Waals surface area contributed by atoms with Gasteiger partial charge in [0.25, 0.3) is 0 Å². The van der Waals surface area contributed by atoms with Gasteiger partial charge in [-0.2, -0.15) is 4.98 Å². The molecular weight excluding hydrogens is 228 g/mol. The molecule has 1 aliphatic carbocycles. The van der Waals surface area contributed by atoms with Gasteiger partial charge >= 0.3 is 0 Å². The van der Waals surface area contributed by atoms with Crippen molar-refractivity contribution in [1.82, 2.24) is 10.1 Å². The summed E-state index contributed by atoms with van der Waals surface area (Å²) in [5.41, 5.74) is 0. The van der Waals surface area contributed by atoms with Gasteiger partial charge in [0.1, 0.15) is 0 Å². The average molecular weight is 252 g/mol. The summed E-state index contributed by atoms with van der Waals surface area (Å²) in [5.74, 6) is 1.82. The van der Waals surface area contributed by atoms with Crippen LogP contribution in [0.25, 0.3) is 0 Å². The summed E-state index contributed by atoms with van der Waals surface area (Å²) in [4.78, 5) is 4.51. The first-order valence-corrected chi connectivity index (χ1v) is 7.24. The second kappa shape index (κ2) is 6.32. The molecule has 4 nitrogen and oxygen atoms in total. The minimum Gasteiger partial charge on any atom is -0.392 e. The number of nitrogens with zero attached hydrogens (tertiary/aromatic N) is 2. The molecule has 1 saturated carbocycles. The Morgan fingerprint density at radius 1 is 1.28 bits per heavy atom. The van der Waals surface area contributed by atoms with Crippen LogP contribution in [0.15, 0.2) is 4.52 Å². The van der Waals surface area contributed by atoms with Crippen molar-refractivity contribution in [1.29, 1.82) is 0 Å². The zero-order valence-corrected chi connectivity index (χ0v) is 11.4. The summed E-state index contributed by atoms with van der Waals surface area (Å²) in [6.45, 7) is 3.91. The van der Waals surface area contributed by atoms with E-state index >= 15 is 0 Å². The van der Waals surface area contributed by atoms with E-state index < -0.39 is 6.10 Å². The van der Waals surface area contributed by atoms with Gasteiger partial charge in [0.05, 0.1) is 12.0 Å². The van der Waals surface area contributed by atoms with Gasteiger partial charge in [-0.05, 0) is 19.3 Å². The minimum absolute atomic E-state index is 0.0676. The molecule has 0 bridgehead atoms. The predicted molar refractivity (Wildman–Crippen MR) is 69.5 cm³/mol. The van der Waals surface area contributed by atoms with E-state index in [4.69, 9.17) is 4.52 Å². The first kappa shape index (κ1) is 13.5. The normalized spacial score (nSPS) is 21.5. The van der Waals surface area contributed by atoms with Gasteiger partial charge in [0.2, 0.25) is 5.89 Å². The maximum atomic E-state index is 9.82. The van der Waals surface area contributed by atoms with E-state index in [1.165, 1.54) is 38.5 Å². The van der Waals surface area contributed by atoms with Gasteiger partial charge in [0, 0.05) is 5.92 Å². The summed E-state index contributed by atoms with van der Waals surface area (Å²) in [6.07, 6.45) is 7.84. The van der Waals surface area contributed by atoms with Gasteiger partial charge in [-0.3, -0.25) is 0 Å². The molecule has 1 aliphatic rings. The molecule has 2 rings (SSSR count). The second-order valence-electron chi connectivity index (χ2n) is 5.44. The van der Waals surface area contributed by atoms with Gasteiger partial charge in [0.15, 0.2) is 5.82 Å². The summed E-state index contributed by atoms with van der Waals surface area (Å²) in [6, 6.07) is 0. The number of aromatic nitrogens is 2. The zero-order chi connectivity index (χ0) is 13.0. The van der Waals surface area contributed by atoms with Crippen molar-refractivity contribution >= 4 is 0 Å². The van der Waals surface area contributed by atoms with E-state index in [1.54, 1.807) is 0 Å². The number of hydrogen-bond donors (Lipinski definition) is 1. The molecule has 0 radical (unpaired) electrons. The summed E-state index contributed by atoms with van der Waals surface area (Å²) in [5, 5.41) is 13.9. The highest BCUT2D eigenvalue weighted by Gasteiger charge is 2.24. The Hall–Kier alpha value is -0.900. The van der Waals surface area contributed by atoms with Crippen LogP contribution in [0.4, 0.5) is 0 Å². The fourth-order valence-electron chi connectivity index (χ4n) is 2.65. The molecular formula is C14H24N2O2. The lowest BCUT2D eigenvalue weighted by atomic mass is 9.99. The Morgan fingerprint density at radius 2 is 1.94 bits per heavy atom. The molecule has 102 valence electrons. The molecule has 1 aromatic rings. The molecule has 1 fully saturated rings. The lowest BCUT2D eigenvalue weighted by Gasteiger charge is -2.12. The molecule has 0 aromatic carbocycles. The average Bonchev–Trinajstić information content (AvgIpc) is 2.72. The monoisotopic (exact) mass is 252 g/mol. The topological polar surface area (TPSA) is 59.2 Å². The van der Waals surface area contributed by atoms with Gasteiger partial charge in [-0.15, -0.1) is 0 Å². The number of hydrogen-bond acceptors (Lipinski definition) is 4. The Labute approximate surface area is 109 Å². The molecule has 2 atom stereocenters. The van der Waals surface area contributed by atoms with Crippen molar-refractivity contribution in [3.05, 3.63) is 11.7 Å². The lowest BCUT2D eigenvalue weighted by molar-refractivity contribution is 0.129. The maximum Gasteiger partial charge on any atom is 0.232 e. The summed E-state index contributed by atoms with van der Waals surface area (Å²) >= 11 is 0. The van der Waals surface area contributed by atoms with Crippen LogP contribution in [0.2, 0.25) is 0 Å². The highest BCUT2D eigenvalue weighted by atomic mass is 16.5. The molecule has 1 N–H and O–H groups in total. The molecule has 0 amide bonds. The zero-order valence-electron chi connectivity index (χ0n) is 11.4. The number of aliphatic hydroxyl groups excluding tert-OH is 1. The van der Waals surface area contributed by atoms with Gasteiger partial charge < -0.3 is 9.63 Å². The smallest absolute Gasteiger partial charge is 0.232 e. The standard InChI is InChI=1S/C14H24N2O2/c1-3-12(17)10(2)14-15-13(16-18-14)11-8-6-4-5-7-9-11/h10-12,17H,3-9H2,1-2H3. The quantitative estimate of drug-likeness (QED) is 0.834. The summed E-state index contributed by atoms with van der Waals surface area (Å²) in [7, 11) is 0.